The summed E-state index contributed by atoms with van der Waals surface area (Å²) in [4.78, 5) is 0. The maximum absolute atomic E-state index is 9.89. The molecule has 3 fully saturated rings. The first kappa shape index (κ1) is 14.3. The van der Waals surface area contributed by atoms with Crippen molar-refractivity contribution in [2.45, 2.75) is 70.3 Å². The van der Waals surface area contributed by atoms with Crippen LogP contribution in [0, 0.1) is 5.41 Å². The molecule has 0 spiro atoms. The third-order valence-corrected chi connectivity index (χ3v) is 4.59. The minimum Gasteiger partial charge on any atom is -0.389 e. The van der Waals surface area contributed by atoms with Crippen LogP contribution in [0.5, 0.6) is 0 Å². The van der Waals surface area contributed by atoms with E-state index in [-0.39, 0.29) is 17.6 Å². The van der Waals surface area contributed by atoms with E-state index < -0.39 is 5.60 Å². The van der Waals surface area contributed by atoms with Gasteiger partial charge in [0.2, 0.25) is 0 Å². The van der Waals surface area contributed by atoms with Crippen molar-refractivity contribution in [2.24, 2.45) is 11.1 Å². The van der Waals surface area contributed by atoms with E-state index in [4.69, 9.17) is 15.2 Å². The van der Waals surface area contributed by atoms with Gasteiger partial charge in [-0.2, -0.15) is 0 Å². The molecule has 4 nitrogen and oxygen atoms in total. The van der Waals surface area contributed by atoms with Crippen molar-refractivity contribution < 1.29 is 14.6 Å². The molecule has 2 aliphatic heterocycles. The quantitative estimate of drug-likeness (QED) is 0.782. The highest BCUT2D eigenvalue weighted by atomic mass is 16.5. The number of nitrogens with two attached hydrogens (primary N) is 1. The minimum absolute atomic E-state index is 0.140. The highest BCUT2D eigenvalue weighted by molar-refractivity contribution is 4.92. The molecule has 2 bridgehead atoms. The first-order valence-electron chi connectivity index (χ1n) is 7.04. The average molecular weight is 257 g/mol. The summed E-state index contributed by atoms with van der Waals surface area (Å²) in [5.41, 5.74) is 5.29. The van der Waals surface area contributed by atoms with Crippen LogP contribution in [-0.2, 0) is 9.47 Å². The Labute approximate surface area is 110 Å². The zero-order valence-corrected chi connectivity index (χ0v) is 11.8. The van der Waals surface area contributed by atoms with Crippen LogP contribution in [0.15, 0.2) is 0 Å². The summed E-state index contributed by atoms with van der Waals surface area (Å²) >= 11 is 0. The first-order valence-corrected chi connectivity index (χ1v) is 7.04. The number of rotatable bonds is 5. The third-order valence-electron chi connectivity index (χ3n) is 4.59. The Hall–Kier alpha value is -0.160. The van der Waals surface area contributed by atoms with Crippen molar-refractivity contribution in [1.82, 2.24) is 0 Å². The molecule has 2 atom stereocenters. The van der Waals surface area contributed by atoms with Gasteiger partial charge in [-0.1, -0.05) is 0 Å². The van der Waals surface area contributed by atoms with Crippen molar-refractivity contribution >= 4 is 0 Å². The molecule has 1 aliphatic carbocycles. The molecule has 18 heavy (non-hydrogen) atoms. The van der Waals surface area contributed by atoms with Crippen LogP contribution in [0.3, 0.4) is 0 Å². The molecular formula is C14H27NO3. The lowest BCUT2D eigenvalue weighted by Crippen LogP contribution is -2.52. The summed E-state index contributed by atoms with van der Waals surface area (Å²) in [5, 5.41) is 9.89. The van der Waals surface area contributed by atoms with Gasteiger partial charge in [0.25, 0.3) is 0 Å². The molecule has 3 rings (SSSR count). The molecule has 3 N–H and O–H groups in total. The van der Waals surface area contributed by atoms with E-state index in [1.54, 1.807) is 13.8 Å². The van der Waals surface area contributed by atoms with Gasteiger partial charge in [-0.05, 0) is 46.5 Å². The van der Waals surface area contributed by atoms with E-state index in [2.05, 4.69) is 0 Å². The second kappa shape index (κ2) is 5.08. The molecule has 4 heteroatoms. The van der Waals surface area contributed by atoms with E-state index in [9.17, 15) is 5.11 Å². The fourth-order valence-corrected chi connectivity index (χ4v) is 2.98. The maximum Gasteiger partial charge on any atom is 0.0767 e. The Kier molecular flexibility index (Phi) is 4.02. The summed E-state index contributed by atoms with van der Waals surface area (Å²) < 4.78 is 11.7. The Morgan fingerprint density at radius 1 is 1.44 bits per heavy atom. The summed E-state index contributed by atoms with van der Waals surface area (Å²) in [5.74, 6) is 0. The van der Waals surface area contributed by atoms with Gasteiger partial charge in [-0.25, -0.2) is 0 Å². The summed E-state index contributed by atoms with van der Waals surface area (Å²) in [6, 6.07) is -0.366. The predicted octanol–water partition coefficient (Wildman–Crippen LogP) is 1.45. The molecule has 2 heterocycles. The smallest absolute Gasteiger partial charge is 0.0767 e. The number of hydrogen-bond acceptors (Lipinski definition) is 4. The molecule has 2 saturated heterocycles. The molecule has 3 aliphatic rings. The molecule has 0 aromatic rings. The molecule has 0 amide bonds. The molecule has 106 valence electrons. The minimum atomic E-state index is -0.905. The van der Waals surface area contributed by atoms with Crippen molar-refractivity contribution in [3.8, 4) is 0 Å². The van der Waals surface area contributed by atoms with Crippen molar-refractivity contribution in [3.05, 3.63) is 0 Å². The maximum atomic E-state index is 9.89. The topological polar surface area (TPSA) is 64.7 Å². The van der Waals surface area contributed by atoms with Crippen LogP contribution < -0.4 is 5.73 Å². The standard InChI is InChI=1S/C14H27NO3/c1-10(12(15)13(2,3)16)17-8-14-6-4-11(5-7-14)18-9-14/h10-12,16H,4-9,15H2,1-3H3/t10-,11?,12?,14?/m1/s1. The Morgan fingerprint density at radius 3 is 2.50 bits per heavy atom. The molecule has 1 unspecified atom stereocenters. The zero-order chi connectivity index (χ0) is 13.4. The third kappa shape index (κ3) is 3.05. The second-order valence-corrected chi connectivity index (χ2v) is 6.71. The van der Waals surface area contributed by atoms with Gasteiger partial charge in [0.1, 0.15) is 0 Å². The predicted molar refractivity (Wildman–Crippen MR) is 70.3 cm³/mol. The number of ether oxygens (including phenoxy) is 2. The van der Waals surface area contributed by atoms with Crippen LogP contribution in [0.4, 0.5) is 0 Å². The Morgan fingerprint density at radius 2 is 2.06 bits per heavy atom. The highest BCUT2D eigenvalue weighted by Crippen LogP contribution is 2.43. The van der Waals surface area contributed by atoms with Crippen LogP contribution in [0.2, 0.25) is 0 Å². The molecular weight excluding hydrogens is 230 g/mol. The summed E-state index contributed by atoms with van der Waals surface area (Å²) in [7, 11) is 0. The SMILES string of the molecule is C[C@@H](OCC12CCC(CC1)OC2)C(N)C(C)(C)O. The number of hydrogen-bond donors (Lipinski definition) is 2. The Balaban J connectivity index is 1.84. The van der Waals surface area contributed by atoms with Crippen LogP contribution in [-0.4, -0.2) is 42.2 Å². The molecule has 0 aromatic carbocycles. The van der Waals surface area contributed by atoms with Crippen molar-refractivity contribution in [1.29, 1.82) is 0 Å². The largest absolute Gasteiger partial charge is 0.389 e. The monoisotopic (exact) mass is 257 g/mol. The van der Waals surface area contributed by atoms with E-state index in [0.717, 1.165) is 19.4 Å². The van der Waals surface area contributed by atoms with Gasteiger partial charge in [0.05, 0.1) is 37.1 Å². The van der Waals surface area contributed by atoms with Crippen molar-refractivity contribution in [2.75, 3.05) is 13.2 Å². The van der Waals surface area contributed by atoms with Gasteiger partial charge in [0, 0.05) is 5.41 Å². The van der Waals surface area contributed by atoms with Crippen LogP contribution in [0.1, 0.15) is 46.5 Å². The molecule has 0 aromatic heterocycles. The Bertz CT molecular complexity index is 265. The van der Waals surface area contributed by atoms with Crippen LogP contribution >= 0.6 is 0 Å². The molecule has 1 saturated carbocycles. The first-order chi connectivity index (χ1) is 8.32. The lowest BCUT2D eigenvalue weighted by molar-refractivity contribution is -0.154. The summed E-state index contributed by atoms with van der Waals surface area (Å²) in [6.45, 7) is 6.91. The normalized spacial score (nSPS) is 35.5. The van der Waals surface area contributed by atoms with E-state index in [1.165, 1.54) is 12.8 Å². The van der Waals surface area contributed by atoms with Gasteiger partial charge in [-0.15, -0.1) is 0 Å². The van der Waals surface area contributed by atoms with Gasteiger partial charge < -0.3 is 20.3 Å². The number of aliphatic hydroxyl groups is 1. The fraction of sp³-hybridized carbons (Fsp3) is 1.00. The highest BCUT2D eigenvalue weighted by Gasteiger charge is 2.42. The lowest BCUT2D eigenvalue weighted by atomic mass is 9.72. The fourth-order valence-electron chi connectivity index (χ4n) is 2.98. The van der Waals surface area contributed by atoms with Gasteiger partial charge >= 0.3 is 0 Å². The number of fused-ring (bicyclic) bond motifs is 3. The van der Waals surface area contributed by atoms with E-state index >= 15 is 0 Å². The van der Waals surface area contributed by atoms with E-state index in [1.807, 2.05) is 6.92 Å². The second-order valence-electron chi connectivity index (χ2n) is 6.71. The summed E-state index contributed by atoms with van der Waals surface area (Å²) in [6.07, 6.45) is 5.07. The van der Waals surface area contributed by atoms with Gasteiger partial charge in [0.15, 0.2) is 0 Å². The van der Waals surface area contributed by atoms with Gasteiger partial charge in [-0.3, -0.25) is 0 Å². The van der Waals surface area contributed by atoms with E-state index in [0.29, 0.717) is 12.7 Å². The van der Waals surface area contributed by atoms with Crippen LogP contribution in [0.25, 0.3) is 0 Å². The molecule has 0 radical (unpaired) electrons. The average Bonchev–Trinajstić information content (AvgIpc) is 2.36. The lowest BCUT2D eigenvalue weighted by Gasteiger charge is -2.46. The van der Waals surface area contributed by atoms with Crippen molar-refractivity contribution in [3.63, 3.8) is 0 Å². The zero-order valence-electron chi connectivity index (χ0n) is 11.8.